The molecule has 1 atom stereocenters. The fourth-order valence-electron chi connectivity index (χ4n) is 2.64. The van der Waals surface area contributed by atoms with E-state index in [4.69, 9.17) is 5.21 Å². The number of nitrogens with one attached hydrogen (secondary N) is 1. The van der Waals surface area contributed by atoms with Crippen LogP contribution in [0, 0.1) is 0 Å². The summed E-state index contributed by atoms with van der Waals surface area (Å²) in [5.41, 5.74) is 5.35. The summed E-state index contributed by atoms with van der Waals surface area (Å²) in [4.78, 5) is 16.3. The van der Waals surface area contributed by atoms with Gasteiger partial charge in [-0.25, -0.2) is 5.48 Å². The minimum atomic E-state index is -0.571. The van der Waals surface area contributed by atoms with Gasteiger partial charge in [-0.15, -0.1) is 0 Å². The van der Waals surface area contributed by atoms with Crippen LogP contribution in [0.2, 0.25) is 0 Å². The summed E-state index contributed by atoms with van der Waals surface area (Å²) in [6.07, 6.45) is 3.50. The number of amides is 1. The molecule has 1 unspecified atom stereocenters. The van der Waals surface area contributed by atoms with Crippen LogP contribution in [0.5, 0.6) is 0 Å². The first-order valence-electron chi connectivity index (χ1n) is 7.29. The molecule has 2 aromatic carbocycles. The Morgan fingerprint density at radius 2 is 1.65 bits per heavy atom. The van der Waals surface area contributed by atoms with Crippen molar-refractivity contribution in [3.63, 3.8) is 0 Å². The highest BCUT2D eigenvalue weighted by molar-refractivity contribution is 5.86. The van der Waals surface area contributed by atoms with E-state index in [1.165, 1.54) is 0 Å². The maximum absolute atomic E-state index is 12.2. The van der Waals surface area contributed by atoms with Gasteiger partial charge in [0.25, 0.3) is 5.91 Å². The van der Waals surface area contributed by atoms with E-state index in [1.807, 2.05) is 66.7 Å². The molecule has 3 aromatic rings. The molecular formula is C19H16N2O2. The molecule has 1 amide bonds. The number of hydrogen-bond acceptors (Lipinski definition) is 3. The Kier molecular flexibility index (Phi) is 4.45. The van der Waals surface area contributed by atoms with E-state index in [0.29, 0.717) is 0 Å². The van der Waals surface area contributed by atoms with E-state index in [0.717, 1.165) is 22.3 Å². The molecule has 0 aliphatic heterocycles. The molecule has 0 spiro atoms. The molecule has 23 heavy (non-hydrogen) atoms. The third-order valence-corrected chi connectivity index (χ3v) is 3.72. The summed E-state index contributed by atoms with van der Waals surface area (Å²) < 4.78 is 0. The number of aromatic nitrogens is 1. The Balaban J connectivity index is 2.05. The zero-order valence-electron chi connectivity index (χ0n) is 12.4. The molecule has 0 aliphatic carbocycles. The third-order valence-electron chi connectivity index (χ3n) is 3.72. The maximum Gasteiger partial charge on any atom is 0.255 e. The number of nitrogens with zero attached hydrogens (tertiary/aromatic N) is 1. The van der Waals surface area contributed by atoms with Crippen molar-refractivity contribution in [2.45, 2.75) is 5.92 Å². The number of carbonyl (C=O) groups is 1. The van der Waals surface area contributed by atoms with Crippen molar-refractivity contribution < 1.29 is 10.0 Å². The van der Waals surface area contributed by atoms with Crippen LogP contribution in [0.15, 0.2) is 79.1 Å². The predicted molar refractivity (Wildman–Crippen MR) is 87.9 cm³/mol. The highest BCUT2D eigenvalue weighted by atomic mass is 16.5. The van der Waals surface area contributed by atoms with E-state index in [2.05, 4.69) is 4.98 Å². The first-order valence-corrected chi connectivity index (χ1v) is 7.29. The Labute approximate surface area is 134 Å². The zero-order valence-corrected chi connectivity index (χ0v) is 12.4. The minimum absolute atomic E-state index is 0.459. The lowest BCUT2D eigenvalue weighted by Crippen LogP contribution is -2.27. The SMILES string of the molecule is O=C(NO)C(c1ccccc1)c1cccc(-c2cccnc2)c1. The van der Waals surface area contributed by atoms with Crippen LogP contribution in [-0.4, -0.2) is 16.1 Å². The van der Waals surface area contributed by atoms with Gasteiger partial charge in [0, 0.05) is 12.4 Å². The summed E-state index contributed by atoms with van der Waals surface area (Å²) in [7, 11) is 0. The highest BCUT2D eigenvalue weighted by Gasteiger charge is 2.22. The van der Waals surface area contributed by atoms with Gasteiger partial charge < -0.3 is 0 Å². The lowest BCUT2D eigenvalue weighted by Gasteiger charge is -2.16. The van der Waals surface area contributed by atoms with Crippen molar-refractivity contribution in [2.24, 2.45) is 0 Å². The van der Waals surface area contributed by atoms with Gasteiger partial charge in [-0.05, 0) is 34.4 Å². The first kappa shape index (κ1) is 14.9. The van der Waals surface area contributed by atoms with Gasteiger partial charge in [-0.3, -0.25) is 15.0 Å². The number of hydrogen-bond donors (Lipinski definition) is 2. The molecule has 0 saturated carbocycles. The molecule has 4 heteroatoms. The smallest absolute Gasteiger partial charge is 0.255 e. The summed E-state index contributed by atoms with van der Waals surface area (Å²) >= 11 is 0. The number of hydroxylamine groups is 1. The average Bonchev–Trinajstić information content (AvgIpc) is 2.64. The summed E-state index contributed by atoms with van der Waals surface area (Å²) in [5, 5.41) is 9.10. The average molecular weight is 304 g/mol. The topological polar surface area (TPSA) is 62.2 Å². The number of pyridine rings is 1. The van der Waals surface area contributed by atoms with E-state index < -0.39 is 11.8 Å². The molecule has 2 N–H and O–H groups in total. The van der Waals surface area contributed by atoms with Gasteiger partial charge in [-0.1, -0.05) is 54.6 Å². The number of carbonyl (C=O) groups excluding carboxylic acids is 1. The predicted octanol–water partition coefficient (Wildman–Crippen LogP) is 3.39. The molecule has 114 valence electrons. The van der Waals surface area contributed by atoms with Crippen LogP contribution >= 0.6 is 0 Å². The van der Waals surface area contributed by atoms with E-state index in [1.54, 1.807) is 17.9 Å². The lowest BCUT2D eigenvalue weighted by molar-refractivity contribution is -0.129. The minimum Gasteiger partial charge on any atom is -0.289 e. The van der Waals surface area contributed by atoms with Gasteiger partial charge >= 0.3 is 0 Å². The van der Waals surface area contributed by atoms with Crippen molar-refractivity contribution in [3.8, 4) is 11.1 Å². The third kappa shape index (κ3) is 3.27. The van der Waals surface area contributed by atoms with Gasteiger partial charge in [0.2, 0.25) is 0 Å². The maximum atomic E-state index is 12.2. The number of rotatable bonds is 4. The van der Waals surface area contributed by atoms with E-state index in [9.17, 15) is 4.79 Å². The molecule has 1 aromatic heterocycles. The molecule has 0 radical (unpaired) electrons. The first-order chi connectivity index (χ1) is 11.3. The molecule has 1 heterocycles. The van der Waals surface area contributed by atoms with Gasteiger partial charge in [-0.2, -0.15) is 0 Å². The van der Waals surface area contributed by atoms with Gasteiger partial charge in [0.05, 0.1) is 5.92 Å². The van der Waals surface area contributed by atoms with Crippen LogP contribution in [-0.2, 0) is 4.79 Å². The van der Waals surface area contributed by atoms with E-state index >= 15 is 0 Å². The lowest BCUT2D eigenvalue weighted by atomic mass is 9.89. The van der Waals surface area contributed by atoms with Crippen LogP contribution in [0.25, 0.3) is 11.1 Å². The molecule has 0 bridgehead atoms. The van der Waals surface area contributed by atoms with E-state index in [-0.39, 0.29) is 0 Å². The van der Waals surface area contributed by atoms with Crippen LogP contribution in [0.4, 0.5) is 0 Å². The molecule has 3 rings (SSSR count). The fourth-order valence-corrected chi connectivity index (χ4v) is 2.64. The monoisotopic (exact) mass is 304 g/mol. The standard InChI is InChI=1S/C19H16N2O2/c22-19(21-23)18(14-6-2-1-3-7-14)16-9-4-8-15(12-16)17-10-5-11-20-13-17/h1-13,18,23H,(H,21,22). The Morgan fingerprint density at radius 1 is 0.913 bits per heavy atom. The van der Waals surface area contributed by atoms with Gasteiger partial charge in [0.15, 0.2) is 0 Å². The van der Waals surface area contributed by atoms with Crippen molar-refractivity contribution >= 4 is 5.91 Å². The molecule has 0 aliphatic rings. The second kappa shape index (κ2) is 6.85. The van der Waals surface area contributed by atoms with Crippen molar-refractivity contribution in [3.05, 3.63) is 90.3 Å². The summed E-state index contributed by atoms with van der Waals surface area (Å²) in [6.45, 7) is 0. The Hall–Kier alpha value is -2.98. The van der Waals surface area contributed by atoms with Crippen molar-refractivity contribution in [1.29, 1.82) is 0 Å². The molecule has 0 saturated heterocycles. The summed E-state index contributed by atoms with van der Waals surface area (Å²) in [6, 6.07) is 20.9. The Morgan fingerprint density at radius 3 is 2.35 bits per heavy atom. The second-order valence-electron chi connectivity index (χ2n) is 5.19. The highest BCUT2D eigenvalue weighted by Crippen LogP contribution is 2.28. The molecular weight excluding hydrogens is 288 g/mol. The normalized spacial score (nSPS) is 11.7. The summed E-state index contributed by atoms with van der Waals surface area (Å²) in [5.74, 6) is -1.03. The van der Waals surface area contributed by atoms with Crippen molar-refractivity contribution in [1.82, 2.24) is 10.5 Å². The van der Waals surface area contributed by atoms with Crippen molar-refractivity contribution in [2.75, 3.05) is 0 Å². The van der Waals surface area contributed by atoms with Gasteiger partial charge in [0.1, 0.15) is 0 Å². The van der Waals surface area contributed by atoms with Crippen LogP contribution in [0.3, 0.4) is 0 Å². The quantitative estimate of drug-likeness (QED) is 0.574. The van der Waals surface area contributed by atoms with Crippen LogP contribution in [0.1, 0.15) is 17.0 Å². The molecule has 0 fully saturated rings. The second-order valence-corrected chi connectivity index (χ2v) is 5.19. The zero-order chi connectivity index (χ0) is 16.1. The fraction of sp³-hybridized carbons (Fsp3) is 0.0526. The van der Waals surface area contributed by atoms with Crippen LogP contribution < -0.4 is 5.48 Å². The number of benzene rings is 2. The Bertz CT molecular complexity index is 789. The molecule has 4 nitrogen and oxygen atoms in total. The largest absolute Gasteiger partial charge is 0.289 e.